The zero-order valence-corrected chi connectivity index (χ0v) is 13.6. The Morgan fingerprint density at radius 3 is 1.92 bits per heavy atom. The van der Waals surface area contributed by atoms with Crippen LogP contribution in [-0.2, 0) is 0 Å². The minimum absolute atomic E-state index is 0.365. The van der Waals surface area contributed by atoms with Gasteiger partial charge in [0, 0.05) is 21.6 Å². The summed E-state index contributed by atoms with van der Waals surface area (Å²) in [6.45, 7) is 0. The van der Waals surface area contributed by atoms with Crippen LogP contribution in [0.2, 0.25) is 0 Å². The summed E-state index contributed by atoms with van der Waals surface area (Å²) < 4.78 is 14.2. The van der Waals surface area contributed by atoms with Gasteiger partial charge in [0.2, 0.25) is 0 Å². The first kappa shape index (κ1) is 15.9. The zero-order valence-electron chi connectivity index (χ0n) is 12.8. The quantitative estimate of drug-likeness (QED) is 0.440. The molecule has 0 spiro atoms. The van der Waals surface area contributed by atoms with E-state index in [0.717, 1.165) is 16.0 Å². The highest BCUT2D eigenvalue weighted by atomic mass is 32.1. The van der Waals surface area contributed by atoms with Crippen molar-refractivity contribution in [3.05, 3.63) is 101 Å². The minimum atomic E-state index is -0.365. The van der Waals surface area contributed by atoms with Crippen LogP contribution in [0.4, 0.5) is 4.39 Å². The van der Waals surface area contributed by atoms with Crippen molar-refractivity contribution in [2.24, 2.45) is 0 Å². The second-order valence-corrected chi connectivity index (χ2v) is 5.62. The van der Waals surface area contributed by atoms with Gasteiger partial charge in [-0.1, -0.05) is 41.9 Å². The van der Waals surface area contributed by atoms with E-state index < -0.39 is 0 Å². The van der Waals surface area contributed by atoms with E-state index in [1.54, 1.807) is 12.1 Å². The van der Waals surface area contributed by atoms with Gasteiger partial charge < -0.3 is 0 Å². The second kappa shape index (κ2) is 7.55. The molecule has 0 nitrogen and oxygen atoms in total. The summed E-state index contributed by atoms with van der Waals surface area (Å²) >= 11 is 4.23. The third kappa shape index (κ3) is 4.29. The molecule has 0 saturated carbocycles. The molecule has 0 amide bonds. The van der Waals surface area contributed by atoms with Gasteiger partial charge in [-0.3, -0.25) is 0 Å². The lowest BCUT2D eigenvalue weighted by Crippen LogP contribution is -1.86. The summed E-state index contributed by atoms with van der Waals surface area (Å²) in [6.07, 6.45) is 0. The lowest BCUT2D eigenvalue weighted by Gasteiger charge is -1.96. The number of benzene rings is 3. The molecule has 24 heavy (non-hydrogen) atoms. The topological polar surface area (TPSA) is 0 Å². The maximum Gasteiger partial charge on any atom is 0.140 e. The molecule has 0 atom stereocenters. The lowest BCUT2D eigenvalue weighted by atomic mass is 10.1. The molecule has 3 rings (SSSR count). The highest BCUT2D eigenvalue weighted by Crippen LogP contribution is 2.10. The van der Waals surface area contributed by atoms with Crippen molar-refractivity contribution in [3.8, 4) is 23.7 Å². The molecule has 0 unspecified atom stereocenters. The fourth-order valence-corrected chi connectivity index (χ4v) is 2.19. The summed E-state index contributed by atoms with van der Waals surface area (Å²) in [5.74, 6) is 11.4. The predicted molar refractivity (Wildman–Crippen MR) is 98.5 cm³/mol. The van der Waals surface area contributed by atoms with Gasteiger partial charge in [0.15, 0.2) is 0 Å². The number of halogens is 1. The normalized spacial score (nSPS) is 9.42. The van der Waals surface area contributed by atoms with E-state index in [1.165, 1.54) is 6.07 Å². The second-order valence-electron chi connectivity index (χ2n) is 5.11. The molecular formula is C22H13FS. The maximum absolute atomic E-state index is 14.2. The number of hydrogen-bond acceptors (Lipinski definition) is 1. The Hall–Kier alpha value is -2.94. The molecule has 0 aliphatic rings. The van der Waals surface area contributed by atoms with Gasteiger partial charge in [0.25, 0.3) is 0 Å². The first-order valence-electron chi connectivity index (χ1n) is 7.38. The van der Waals surface area contributed by atoms with Gasteiger partial charge in [-0.15, -0.1) is 12.6 Å². The highest BCUT2D eigenvalue weighted by molar-refractivity contribution is 7.80. The third-order valence-corrected chi connectivity index (χ3v) is 3.60. The first-order valence-corrected chi connectivity index (χ1v) is 7.83. The van der Waals surface area contributed by atoms with Crippen LogP contribution in [0.25, 0.3) is 0 Å². The Balaban J connectivity index is 1.81. The standard InChI is InChI=1S/C22H13FS/c23-22-16-19(7-6-18-10-14-21(24)15-11-18)9-13-20(22)12-8-17-4-2-1-3-5-17/h1-5,9-11,13-16,24H. The Bertz CT molecular complexity index is 966. The van der Waals surface area contributed by atoms with Crippen LogP contribution < -0.4 is 0 Å². The molecule has 0 radical (unpaired) electrons. The van der Waals surface area contributed by atoms with Crippen LogP contribution in [0.1, 0.15) is 22.3 Å². The lowest BCUT2D eigenvalue weighted by molar-refractivity contribution is 0.624. The summed E-state index contributed by atoms with van der Waals surface area (Å²) in [5, 5.41) is 0. The molecule has 0 bridgehead atoms. The molecule has 3 aromatic rings. The van der Waals surface area contributed by atoms with E-state index in [2.05, 4.69) is 36.3 Å². The van der Waals surface area contributed by atoms with E-state index in [1.807, 2.05) is 54.6 Å². The van der Waals surface area contributed by atoms with Gasteiger partial charge in [0.1, 0.15) is 5.82 Å². The largest absolute Gasteiger partial charge is 0.206 e. The summed E-state index contributed by atoms with van der Waals surface area (Å²) in [4.78, 5) is 0.882. The molecule has 114 valence electrons. The maximum atomic E-state index is 14.2. The van der Waals surface area contributed by atoms with Crippen LogP contribution in [-0.4, -0.2) is 0 Å². The van der Waals surface area contributed by atoms with Crippen molar-refractivity contribution in [3.63, 3.8) is 0 Å². The highest BCUT2D eigenvalue weighted by Gasteiger charge is 1.99. The summed E-state index contributed by atoms with van der Waals surface area (Å²) in [5.41, 5.74) is 2.70. The fourth-order valence-electron chi connectivity index (χ4n) is 2.04. The van der Waals surface area contributed by atoms with Crippen LogP contribution in [0.15, 0.2) is 77.7 Å². The molecule has 0 aliphatic carbocycles. The Morgan fingerprint density at radius 2 is 1.21 bits per heavy atom. The van der Waals surface area contributed by atoms with E-state index in [-0.39, 0.29) is 5.82 Å². The molecule has 0 saturated heterocycles. The molecule has 0 fully saturated rings. The van der Waals surface area contributed by atoms with Crippen LogP contribution in [0.3, 0.4) is 0 Å². The van der Waals surface area contributed by atoms with Gasteiger partial charge >= 0.3 is 0 Å². The number of thiol groups is 1. The van der Waals surface area contributed by atoms with Gasteiger partial charge in [-0.2, -0.15) is 0 Å². The van der Waals surface area contributed by atoms with E-state index in [4.69, 9.17) is 0 Å². The van der Waals surface area contributed by atoms with Crippen molar-refractivity contribution >= 4 is 12.6 Å². The average Bonchev–Trinajstić information content (AvgIpc) is 2.61. The molecule has 0 aromatic heterocycles. The SMILES string of the molecule is Fc1cc(C#Cc2ccc(S)cc2)ccc1C#Cc1ccccc1. The van der Waals surface area contributed by atoms with Gasteiger partial charge in [0.05, 0.1) is 5.56 Å². The zero-order chi connectivity index (χ0) is 16.8. The van der Waals surface area contributed by atoms with E-state index in [0.29, 0.717) is 11.1 Å². The van der Waals surface area contributed by atoms with Crippen molar-refractivity contribution in [1.82, 2.24) is 0 Å². The van der Waals surface area contributed by atoms with Crippen LogP contribution >= 0.6 is 12.6 Å². The minimum Gasteiger partial charge on any atom is -0.206 e. The number of rotatable bonds is 0. The number of hydrogen-bond donors (Lipinski definition) is 1. The van der Waals surface area contributed by atoms with Crippen LogP contribution in [0.5, 0.6) is 0 Å². The Labute approximate surface area is 146 Å². The van der Waals surface area contributed by atoms with Crippen molar-refractivity contribution in [2.75, 3.05) is 0 Å². The Morgan fingerprint density at radius 1 is 0.625 bits per heavy atom. The van der Waals surface area contributed by atoms with Crippen molar-refractivity contribution < 1.29 is 4.39 Å². The molecule has 0 heterocycles. The van der Waals surface area contributed by atoms with Crippen LogP contribution in [0, 0.1) is 29.5 Å². The smallest absolute Gasteiger partial charge is 0.140 e. The summed E-state index contributed by atoms with van der Waals surface area (Å²) in [6, 6.07) is 21.9. The van der Waals surface area contributed by atoms with E-state index in [9.17, 15) is 4.39 Å². The fraction of sp³-hybridized carbons (Fsp3) is 0. The third-order valence-electron chi connectivity index (χ3n) is 3.30. The molecule has 0 N–H and O–H groups in total. The molecule has 3 aromatic carbocycles. The molecular weight excluding hydrogens is 315 g/mol. The van der Waals surface area contributed by atoms with E-state index >= 15 is 0 Å². The molecule has 0 aliphatic heterocycles. The average molecular weight is 328 g/mol. The predicted octanol–water partition coefficient (Wildman–Crippen LogP) is 4.91. The van der Waals surface area contributed by atoms with Crippen molar-refractivity contribution in [1.29, 1.82) is 0 Å². The van der Waals surface area contributed by atoms with Gasteiger partial charge in [-0.05, 0) is 54.6 Å². The van der Waals surface area contributed by atoms with Crippen molar-refractivity contribution in [2.45, 2.75) is 4.90 Å². The molecule has 2 heteroatoms. The van der Waals surface area contributed by atoms with Gasteiger partial charge in [-0.25, -0.2) is 4.39 Å². The Kier molecular flexibility index (Phi) is 5.02. The summed E-state index contributed by atoms with van der Waals surface area (Å²) in [7, 11) is 0. The monoisotopic (exact) mass is 328 g/mol. The first-order chi connectivity index (χ1) is 11.7.